The summed E-state index contributed by atoms with van der Waals surface area (Å²) in [7, 11) is 0. The van der Waals surface area contributed by atoms with Gasteiger partial charge in [-0.3, -0.25) is 14.5 Å². The van der Waals surface area contributed by atoms with Crippen molar-refractivity contribution < 1.29 is 9.59 Å². The second-order valence-electron chi connectivity index (χ2n) is 7.15. The smallest absolute Gasteiger partial charge is 0.253 e. The third-order valence-electron chi connectivity index (χ3n) is 5.31. The van der Waals surface area contributed by atoms with Crippen LogP contribution in [0.3, 0.4) is 0 Å². The Morgan fingerprint density at radius 2 is 1.64 bits per heavy atom. The molecule has 1 aliphatic carbocycles. The van der Waals surface area contributed by atoms with E-state index < -0.39 is 0 Å². The summed E-state index contributed by atoms with van der Waals surface area (Å²) in [6.45, 7) is 3.94. The van der Waals surface area contributed by atoms with E-state index in [0.717, 1.165) is 51.1 Å². The molecule has 1 saturated heterocycles. The molecule has 1 aromatic rings. The van der Waals surface area contributed by atoms with Crippen molar-refractivity contribution in [2.75, 3.05) is 32.7 Å². The lowest BCUT2D eigenvalue weighted by molar-refractivity contribution is -0.122. The number of benzene rings is 1. The third kappa shape index (κ3) is 5.30. The standard InChI is InChI=1S/C20H29N3O2/c24-19(21-18-9-5-2-6-10-18)11-12-22-13-15-23(16-14-22)20(25)17-7-3-1-4-8-17/h1,3-4,7-8,18H,2,5-6,9-16H2,(H,21,24). The molecule has 1 aromatic carbocycles. The third-order valence-corrected chi connectivity index (χ3v) is 5.31. The molecule has 2 amide bonds. The van der Waals surface area contributed by atoms with Crippen LogP contribution in [0.2, 0.25) is 0 Å². The zero-order valence-electron chi connectivity index (χ0n) is 15.0. The number of nitrogens with zero attached hydrogens (tertiary/aromatic N) is 2. The van der Waals surface area contributed by atoms with Crippen molar-refractivity contribution in [3.8, 4) is 0 Å². The molecule has 0 aromatic heterocycles. The van der Waals surface area contributed by atoms with Crippen LogP contribution in [0.25, 0.3) is 0 Å². The highest BCUT2D eigenvalue weighted by Gasteiger charge is 2.22. The molecule has 2 fully saturated rings. The van der Waals surface area contributed by atoms with Gasteiger partial charge in [0.2, 0.25) is 5.91 Å². The molecule has 0 spiro atoms. The second kappa shape index (κ2) is 8.99. The number of nitrogens with one attached hydrogen (secondary N) is 1. The number of carbonyl (C=O) groups is 2. The first-order chi connectivity index (χ1) is 12.2. The van der Waals surface area contributed by atoms with Gasteiger partial charge in [0.15, 0.2) is 0 Å². The van der Waals surface area contributed by atoms with E-state index in [1.165, 1.54) is 19.3 Å². The summed E-state index contributed by atoms with van der Waals surface area (Å²) in [6.07, 6.45) is 6.60. The van der Waals surface area contributed by atoms with Crippen LogP contribution < -0.4 is 5.32 Å². The second-order valence-corrected chi connectivity index (χ2v) is 7.15. The van der Waals surface area contributed by atoms with Crippen molar-refractivity contribution in [1.82, 2.24) is 15.1 Å². The maximum absolute atomic E-state index is 12.4. The Labute approximate surface area is 150 Å². The molecule has 0 bridgehead atoms. The van der Waals surface area contributed by atoms with Gasteiger partial charge in [-0.05, 0) is 25.0 Å². The minimum Gasteiger partial charge on any atom is -0.353 e. The highest BCUT2D eigenvalue weighted by atomic mass is 16.2. The Balaban J connectivity index is 1.36. The monoisotopic (exact) mass is 343 g/mol. The summed E-state index contributed by atoms with van der Waals surface area (Å²) in [5, 5.41) is 3.18. The van der Waals surface area contributed by atoms with Crippen LogP contribution in [-0.2, 0) is 4.79 Å². The maximum atomic E-state index is 12.4. The lowest BCUT2D eigenvalue weighted by Crippen LogP contribution is -2.49. The van der Waals surface area contributed by atoms with Gasteiger partial charge in [-0.2, -0.15) is 0 Å². The highest BCUT2D eigenvalue weighted by Crippen LogP contribution is 2.17. The lowest BCUT2D eigenvalue weighted by Gasteiger charge is -2.34. The summed E-state index contributed by atoms with van der Waals surface area (Å²) < 4.78 is 0. The van der Waals surface area contributed by atoms with Crippen molar-refractivity contribution >= 4 is 11.8 Å². The number of hydrogen-bond acceptors (Lipinski definition) is 3. The Bertz CT molecular complexity index is 562. The molecule has 5 heteroatoms. The lowest BCUT2D eigenvalue weighted by atomic mass is 9.95. The Hall–Kier alpha value is -1.88. The van der Waals surface area contributed by atoms with Crippen LogP contribution in [0.1, 0.15) is 48.9 Å². The number of piperazine rings is 1. The van der Waals surface area contributed by atoms with Crippen LogP contribution in [-0.4, -0.2) is 60.4 Å². The molecule has 0 unspecified atom stereocenters. The molecule has 0 atom stereocenters. The fraction of sp³-hybridized carbons (Fsp3) is 0.600. The quantitative estimate of drug-likeness (QED) is 0.892. The number of carbonyl (C=O) groups excluding carboxylic acids is 2. The van der Waals surface area contributed by atoms with E-state index in [4.69, 9.17) is 0 Å². The molecular weight excluding hydrogens is 314 g/mol. The van der Waals surface area contributed by atoms with Gasteiger partial charge < -0.3 is 10.2 Å². The fourth-order valence-electron chi connectivity index (χ4n) is 3.74. The summed E-state index contributed by atoms with van der Waals surface area (Å²) in [4.78, 5) is 28.7. The molecule has 1 aliphatic heterocycles. The van der Waals surface area contributed by atoms with Gasteiger partial charge in [-0.15, -0.1) is 0 Å². The number of amides is 2. The largest absolute Gasteiger partial charge is 0.353 e. The van der Waals surface area contributed by atoms with E-state index in [0.29, 0.717) is 12.5 Å². The summed E-state index contributed by atoms with van der Waals surface area (Å²) >= 11 is 0. The first-order valence-corrected chi connectivity index (χ1v) is 9.58. The van der Waals surface area contributed by atoms with Gasteiger partial charge in [0, 0.05) is 50.7 Å². The van der Waals surface area contributed by atoms with Crippen LogP contribution in [0.4, 0.5) is 0 Å². The van der Waals surface area contributed by atoms with Gasteiger partial charge >= 0.3 is 0 Å². The van der Waals surface area contributed by atoms with Crippen LogP contribution in [0.5, 0.6) is 0 Å². The van der Waals surface area contributed by atoms with Gasteiger partial charge in [0.25, 0.3) is 5.91 Å². The van der Waals surface area contributed by atoms with Crippen molar-refractivity contribution in [3.05, 3.63) is 35.9 Å². The normalized spacial score (nSPS) is 19.6. The highest BCUT2D eigenvalue weighted by molar-refractivity contribution is 5.94. The fourth-order valence-corrected chi connectivity index (χ4v) is 3.74. The molecule has 2 aliphatic rings. The van der Waals surface area contributed by atoms with Crippen molar-refractivity contribution in [1.29, 1.82) is 0 Å². The summed E-state index contributed by atoms with van der Waals surface area (Å²) in [5.41, 5.74) is 0.753. The van der Waals surface area contributed by atoms with E-state index in [2.05, 4.69) is 10.2 Å². The first-order valence-electron chi connectivity index (χ1n) is 9.58. The molecule has 136 valence electrons. The van der Waals surface area contributed by atoms with E-state index >= 15 is 0 Å². The topological polar surface area (TPSA) is 52.7 Å². The molecule has 1 saturated carbocycles. The molecule has 0 radical (unpaired) electrons. The predicted molar refractivity (Wildman–Crippen MR) is 98.4 cm³/mol. The minimum atomic E-state index is 0.107. The summed E-state index contributed by atoms with van der Waals surface area (Å²) in [5.74, 6) is 0.282. The predicted octanol–water partition coefficient (Wildman–Crippen LogP) is 2.28. The molecule has 5 nitrogen and oxygen atoms in total. The zero-order valence-corrected chi connectivity index (χ0v) is 15.0. The van der Waals surface area contributed by atoms with Crippen LogP contribution >= 0.6 is 0 Å². The number of hydrogen-bond donors (Lipinski definition) is 1. The molecule has 1 heterocycles. The SMILES string of the molecule is O=C(CCN1CCN(C(=O)c2ccccc2)CC1)NC1CCCCC1. The Morgan fingerprint density at radius 1 is 0.960 bits per heavy atom. The maximum Gasteiger partial charge on any atom is 0.253 e. The van der Waals surface area contributed by atoms with E-state index in [1.807, 2.05) is 35.2 Å². The molecular formula is C20H29N3O2. The number of rotatable bonds is 5. The van der Waals surface area contributed by atoms with Crippen molar-refractivity contribution in [2.24, 2.45) is 0 Å². The van der Waals surface area contributed by atoms with E-state index in [9.17, 15) is 9.59 Å². The van der Waals surface area contributed by atoms with E-state index in [-0.39, 0.29) is 11.8 Å². The molecule has 3 rings (SSSR count). The van der Waals surface area contributed by atoms with Crippen molar-refractivity contribution in [2.45, 2.75) is 44.6 Å². The van der Waals surface area contributed by atoms with Gasteiger partial charge in [-0.25, -0.2) is 0 Å². The van der Waals surface area contributed by atoms with Crippen LogP contribution in [0.15, 0.2) is 30.3 Å². The van der Waals surface area contributed by atoms with Gasteiger partial charge in [0.1, 0.15) is 0 Å². The average Bonchev–Trinajstić information content (AvgIpc) is 2.68. The first kappa shape index (κ1) is 17.9. The summed E-state index contributed by atoms with van der Waals surface area (Å²) in [6, 6.07) is 9.84. The van der Waals surface area contributed by atoms with Crippen molar-refractivity contribution in [3.63, 3.8) is 0 Å². The Morgan fingerprint density at radius 3 is 2.32 bits per heavy atom. The Kier molecular flexibility index (Phi) is 6.45. The zero-order chi connectivity index (χ0) is 17.5. The molecule has 1 N–H and O–H groups in total. The molecule has 25 heavy (non-hydrogen) atoms. The van der Waals surface area contributed by atoms with E-state index in [1.54, 1.807) is 0 Å². The van der Waals surface area contributed by atoms with Crippen LogP contribution in [0, 0.1) is 0 Å². The van der Waals surface area contributed by atoms with Gasteiger partial charge in [0.05, 0.1) is 0 Å². The average molecular weight is 343 g/mol. The van der Waals surface area contributed by atoms with Gasteiger partial charge in [-0.1, -0.05) is 37.5 Å². The minimum absolute atomic E-state index is 0.107.